The fraction of sp³-hybridized carbons (Fsp3) is 0.364. The zero-order valence-electron chi connectivity index (χ0n) is 8.56. The first-order valence-electron chi connectivity index (χ1n) is 4.66. The second-order valence-corrected chi connectivity index (χ2v) is 3.20. The highest BCUT2D eigenvalue weighted by atomic mass is 16.5. The molecule has 0 spiro atoms. The van der Waals surface area contributed by atoms with Crippen LogP contribution in [0.15, 0.2) is 18.2 Å². The van der Waals surface area contributed by atoms with E-state index in [9.17, 15) is 4.79 Å². The summed E-state index contributed by atoms with van der Waals surface area (Å²) >= 11 is 0. The van der Waals surface area contributed by atoms with Crippen molar-refractivity contribution in [3.63, 3.8) is 0 Å². The van der Waals surface area contributed by atoms with Crippen molar-refractivity contribution in [1.29, 1.82) is 0 Å². The molecule has 0 aliphatic heterocycles. The van der Waals surface area contributed by atoms with E-state index in [0.29, 0.717) is 12.2 Å². The molecule has 0 bridgehead atoms. The molecule has 0 amide bonds. The molecule has 4 heteroatoms. The van der Waals surface area contributed by atoms with Crippen LogP contribution in [0.5, 0.6) is 5.75 Å². The predicted molar refractivity (Wildman–Crippen MR) is 54.9 cm³/mol. The lowest BCUT2D eigenvalue weighted by molar-refractivity contribution is -0.136. The van der Waals surface area contributed by atoms with E-state index in [2.05, 4.69) is 0 Å². The van der Waals surface area contributed by atoms with Gasteiger partial charge in [-0.3, -0.25) is 4.79 Å². The molecule has 1 aromatic rings. The average molecular weight is 210 g/mol. The number of carbonyl (C=O) groups is 1. The van der Waals surface area contributed by atoms with E-state index >= 15 is 0 Å². The fourth-order valence-corrected chi connectivity index (χ4v) is 1.34. The number of benzene rings is 1. The van der Waals surface area contributed by atoms with Crippen molar-refractivity contribution in [2.24, 2.45) is 0 Å². The second-order valence-electron chi connectivity index (χ2n) is 3.20. The highest BCUT2D eigenvalue weighted by molar-refractivity contribution is 5.67. The molecule has 0 aliphatic carbocycles. The molecule has 0 unspecified atom stereocenters. The Morgan fingerprint density at radius 1 is 1.47 bits per heavy atom. The van der Waals surface area contributed by atoms with Crippen molar-refractivity contribution in [3.8, 4) is 5.75 Å². The van der Waals surface area contributed by atoms with E-state index in [4.69, 9.17) is 14.9 Å². The SMILES string of the molecule is COc1cc(CO)ccc1CCC(=O)O. The summed E-state index contributed by atoms with van der Waals surface area (Å²) in [5, 5.41) is 17.5. The van der Waals surface area contributed by atoms with Crippen LogP contribution in [-0.4, -0.2) is 23.3 Å². The number of hydrogen-bond donors (Lipinski definition) is 2. The number of aliphatic hydroxyl groups is 1. The van der Waals surface area contributed by atoms with Crippen LogP contribution in [0.25, 0.3) is 0 Å². The zero-order chi connectivity index (χ0) is 11.3. The van der Waals surface area contributed by atoms with Crippen molar-refractivity contribution in [1.82, 2.24) is 0 Å². The molecule has 0 radical (unpaired) electrons. The molecule has 0 atom stereocenters. The summed E-state index contributed by atoms with van der Waals surface area (Å²) < 4.78 is 5.12. The monoisotopic (exact) mass is 210 g/mol. The van der Waals surface area contributed by atoms with Crippen LogP contribution < -0.4 is 4.74 Å². The number of aliphatic hydroxyl groups excluding tert-OH is 1. The molecule has 0 heterocycles. The van der Waals surface area contributed by atoms with Gasteiger partial charge in [0, 0.05) is 6.42 Å². The van der Waals surface area contributed by atoms with Crippen LogP contribution in [0.1, 0.15) is 17.5 Å². The summed E-state index contributed by atoms with van der Waals surface area (Å²) in [6.45, 7) is -0.0461. The fourth-order valence-electron chi connectivity index (χ4n) is 1.34. The minimum absolute atomic E-state index is 0.0461. The predicted octanol–water partition coefficient (Wildman–Crippen LogP) is 1.20. The van der Waals surface area contributed by atoms with E-state index in [1.807, 2.05) is 0 Å². The third-order valence-electron chi connectivity index (χ3n) is 2.14. The van der Waals surface area contributed by atoms with Crippen LogP contribution in [0.2, 0.25) is 0 Å². The van der Waals surface area contributed by atoms with Crippen molar-refractivity contribution in [2.45, 2.75) is 19.4 Å². The smallest absolute Gasteiger partial charge is 0.303 e. The molecule has 0 saturated carbocycles. The normalized spacial score (nSPS) is 10.0. The number of carboxylic acids is 1. The Bertz CT molecular complexity index is 346. The van der Waals surface area contributed by atoms with Gasteiger partial charge in [0.05, 0.1) is 13.7 Å². The molecule has 0 aromatic heterocycles. The van der Waals surface area contributed by atoms with Gasteiger partial charge in [-0.2, -0.15) is 0 Å². The zero-order valence-corrected chi connectivity index (χ0v) is 8.56. The Morgan fingerprint density at radius 2 is 2.20 bits per heavy atom. The Balaban J connectivity index is 2.82. The van der Waals surface area contributed by atoms with Crippen LogP contribution in [0, 0.1) is 0 Å². The van der Waals surface area contributed by atoms with Gasteiger partial charge in [-0.1, -0.05) is 12.1 Å². The topological polar surface area (TPSA) is 66.8 Å². The maximum atomic E-state index is 10.4. The number of methoxy groups -OCH3 is 1. The minimum Gasteiger partial charge on any atom is -0.496 e. The van der Waals surface area contributed by atoms with Gasteiger partial charge in [-0.15, -0.1) is 0 Å². The number of hydrogen-bond acceptors (Lipinski definition) is 3. The number of ether oxygens (including phenoxy) is 1. The maximum Gasteiger partial charge on any atom is 0.303 e. The van der Waals surface area contributed by atoms with Crippen molar-refractivity contribution >= 4 is 5.97 Å². The average Bonchev–Trinajstić information content (AvgIpc) is 2.25. The van der Waals surface area contributed by atoms with Gasteiger partial charge in [-0.25, -0.2) is 0 Å². The van der Waals surface area contributed by atoms with Gasteiger partial charge in [0.25, 0.3) is 0 Å². The summed E-state index contributed by atoms with van der Waals surface area (Å²) in [6, 6.07) is 5.27. The summed E-state index contributed by atoms with van der Waals surface area (Å²) in [5.41, 5.74) is 1.60. The summed E-state index contributed by atoms with van der Waals surface area (Å²) in [6.07, 6.45) is 0.513. The molecule has 0 saturated heterocycles. The van der Waals surface area contributed by atoms with Crippen LogP contribution in [0.4, 0.5) is 0 Å². The molecule has 4 nitrogen and oxygen atoms in total. The van der Waals surface area contributed by atoms with E-state index in [-0.39, 0.29) is 13.0 Å². The van der Waals surface area contributed by atoms with Crippen molar-refractivity contribution in [3.05, 3.63) is 29.3 Å². The third-order valence-corrected chi connectivity index (χ3v) is 2.14. The van der Waals surface area contributed by atoms with Gasteiger partial charge in [0.1, 0.15) is 5.75 Å². The summed E-state index contributed by atoms with van der Waals surface area (Å²) in [7, 11) is 1.53. The van der Waals surface area contributed by atoms with E-state index in [0.717, 1.165) is 11.1 Å². The van der Waals surface area contributed by atoms with E-state index in [1.165, 1.54) is 7.11 Å². The molecule has 82 valence electrons. The quantitative estimate of drug-likeness (QED) is 0.766. The first-order valence-corrected chi connectivity index (χ1v) is 4.66. The van der Waals surface area contributed by atoms with Gasteiger partial charge < -0.3 is 14.9 Å². The number of aryl methyl sites for hydroxylation is 1. The Kier molecular flexibility index (Phi) is 4.12. The maximum absolute atomic E-state index is 10.4. The van der Waals surface area contributed by atoms with Crippen molar-refractivity contribution < 1.29 is 19.7 Å². The summed E-state index contributed by atoms with van der Waals surface area (Å²) in [5.74, 6) is -0.203. The summed E-state index contributed by atoms with van der Waals surface area (Å²) in [4.78, 5) is 10.4. The lowest BCUT2D eigenvalue weighted by atomic mass is 10.1. The molecule has 1 rings (SSSR count). The minimum atomic E-state index is -0.830. The van der Waals surface area contributed by atoms with Crippen molar-refractivity contribution in [2.75, 3.05) is 7.11 Å². The second kappa shape index (κ2) is 5.36. The first-order chi connectivity index (χ1) is 7.17. The van der Waals surface area contributed by atoms with Crippen LogP contribution in [-0.2, 0) is 17.8 Å². The Morgan fingerprint density at radius 3 is 2.73 bits per heavy atom. The highest BCUT2D eigenvalue weighted by Crippen LogP contribution is 2.21. The molecule has 1 aromatic carbocycles. The standard InChI is InChI=1S/C11H14O4/c1-15-10-6-8(7-12)2-3-9(10)4-5-11(13)14/h2-3,6,12H,4-5,7H2,1H3,(H,13,14). The number of aliphatic carboxylic acids is 1. The first kappa shape index (κ1) is 11.5. The molecule has 2 N–H and O–H groups in total. The number of rotatable bonds is 5. The Labute approximate surface area is 88.1 Å². The lowest BCUT2D eigenvalue weighted by Gasteiger charge is -2.08. The highest BCUT2D eigenvalue weighted by Gasteiger charge is 2.06. The van der Waals surface area contributed by atoms with E-state index in [1.54, 1.807) is 18.2 Å². The molecule has 0 fully saturated rings. The number of carboxylic acid groups (broad SMARTS) is 1. The third kappa shape index (κ3) is 3.25. The van der Waals surface area contributed by atoms with Gasteiger partial charge >= 0.3 is 5.97 Å². The van der Waals surface area contributed by atoms with Crippen LogP contribution >= 0.6 is 0 Å². The molecular formula is C11H14O4. The molecule has 15 heavy (non-hydrogen) atoms. The lowest BCUT2D eigenvalue weighted by Crippen LogP contribution is -2.00. The molecule has 0 aliphatic rings. The largest absolute Gasteiger partial charge is 0.496 e. The van der Waals surface area contributed by atoms with E-state index < -0.39 is 5.97 Å². The van der Waals surface area contributed by atoms with Gasteiger partial charge in [0.2, 0.25) is 0 Å². The Hall–Kier alpha value is -1.55. The van der Waals surface area contributed by atoms with Crippen LogP contribution in [0.3, 0.4) is 0 Å². The van der Waals surface area contributed by atoms with Gasteiger partial charge in [-0.05, 0) is 23.6 Å². The molecular weight excluding hydrogens is 196 g/mol. The van der Waals surface area contributed by atoms with Gasteiger partial charge in [0.15, 0.2) is 0 Å².